The van der Waals surface area contributed by atoms with Crippen LogP contribution in [0, 0.1) is 0 Å². The summed E-state index contributed by atoms with van der Waals surface area (Å²) in [5.74, 6) is 0. The van der Waals surface area contributed by atoms with Crippen LogP contribution in [0.1, 0.15) is 37.8 Å². The Labute approximate surface area is 332 Å². The van der Waals surface area contributed by atoms with Crippen LogP contribution in [-0.4, -0.2) is 4.98 Å². The van der Waals surface area contributed by atoms with Gasteiger partial charge in [-0.05, 0) is 126 Å². The van der Waals surface area contributed by atoms with E-state index in [9.17, 15) is 0 Å². The fourth-order valence-electron chi connectivity index (χ4n) is 9.41. The third-order valence-electron chi connectivity index (χ3n) is 12.2. The van der Waals surface area contributed by atoms with Crippen LogP contribution in [0.15, 0.2) is 182 Å². The van der Waals surface area contributed by atoms with E-state index in [1.165, 1.54) is 87.5 Å². The van der Waals surface area contributed by atoms with Crippen LogP contribution in [0.2, 0.25) is 0 Å². The van der Waals surface area contributed by atoms with Gasteiger partial charge in [-0.3, -0.25) is 0 Å². The van der Waals surface area contributed by atoms with Gasteiger partial charge in [-0.2, -0.15) is 0 Å². The van der Waals surface area contributed by atoms with Gasteiger partial charge in [-0.25, -0.2) is 4.98 Å². The summed E-state index contributed by atoms with van der Waals surface area (Å²) in [5.41, 5.74) is 17.8. The SMILES string of the molecule is CC1(C)C2=C(C=CCC2)c2cc3c(-c4ccc(-c5ccccc5)cc4)c4ccc(-c5nc6ccccc6s5)cc4c(-c4ccc(-c5ccccc5)cc4)c3cc21. The summed E-state index contributed by atoms with van der Waals surface area (Å²) >= 11 is 1.77. The lowest BCUT2D eigenvalue weighted by molar-refractivity contribution is 0.608. The van der Waals surface area contributed by atoms with E-state index in [1.807, 2.05) is 0 Å². The van der Waals surface area contributed by atoms with Crippen molar-refractivity contribution in [1.82, 2.24) is 4.98 Å². The molecule has 0 unspecified atom stereocenters. The minimum Gasteiger partial charge on any atom is -0.236 e. The Morgan fingerprint density at radius 3 is 1.70 bits per heavy atom. The van der Waals surface area contributed by atoms with Crippen molar-refractivity contribution >= 4 is 48.7 Å². The van der Waals surface area contributed by atoms with Crippen LogP contribution >= 0.6 is 11.3 Å². The minimum atomic E-state index is -0.0483. The Morgan fingerprint density at radius 2 is 1.04 bits per heavy atom. The molecule has 0 atom stereocenters. The molecule has 0 spiro atoms. The van der Waals surface area contributed by atoms with Crippen molar-refractivity contribution in [3.05, 3.63) is 193 Å². The van der Waals surface area contributed by atoms with Gasteiger partial charge in [-0.15, -0.1) is 11.3 Å². The number of thiazole rings is 1. The van der Waals surface area contributed by atoms with Crippen molar-refractivity contribution in [2.45, 2.75) is 32.1 Å². The van der Waals surface area contributed by atoms with Crippen LogP contribution < -0.4 is 0 Å². The number of hydrogen-bond acceptors (Lipinski definition) is 2. The maximum Gasteiger partial charge on any atom is 0.124 e. The molecule has 0 amide bonds. The van der Waals surface area contributed by atoms with E-state index in [4.69, 9.17) is 4.98 Å². The second kappa shape index (κ2) is 12.9. The van der Waals surface area contributed by atoms with Crippen LogP contribution in [0.25, 0.3) is 92.4 Å². The van der Waals surface area contributed by atoms with Crippen molar-refractivity contribution in [3.8, 4) is 55.1 Å². The van der Waals surface area contributed by atoms with Gasteiger partial charge < -0.3 is 0 Å². The second-order valence-corrected chi connectivity index (χ2v) is 16.8. The molecule has 1 heterocycles. The molecule has 0 radical (unpaired) electrons. The fraction of sp³-hybridized carbons (Fsp3) is 0.0926. The van der Waals surface area contributed by atoms with Gasteiger partial charge >= 0.3 is 0 Å². The molecule has 1 nitrogen and oxygen atoms in total. The topological polar surface area (TPSA) is 12.9 Å². The van der Waals surface area contributed by atoms with Gasteiger partial charge in [0, 0.05) is 11.0 Å². The van der Waals surface area contributed by atoms with Crippen molar-refractivity contribution in [2.75, 3.05) is 0 Å². The number of para-hydroxylation sites is 1. The summed E-state index contributed by atoms with van der Waals surface area (Å²) in [5, 5.41) is 6.14. The summed E-state index contributed by atoms with van der Waals surface area (Å²) in [4.78, 5) is 5.13. The summed E-state index contributed by atoms with van der Waals surface area (Å²) in [6.07, 6.45) is 6.97. The molecular weight excluding hydrogens is 695 g/mol. The zero-order chi connectivity index (χ0) is 37.4. The highest BCUT2D eigenvalue weighted by atomic mass is 32.1. The molecule has 9 aromatic rings. The van der Waals surface area contributed by atoms with Gasteiger partial charge in [-0.1, -0.05) is 165 Å². The molecule has 1 aromatic heterocycles. The molecule has 0 fully saturated rings. The molecular formula is C54H39NS. The molecule has 0 saturated heterocycles. The monoisotopic (exact) mass is 733 g/mol. The van der Waals surface area contributed by atoms with Gasteiger partial charge in [0.2, 0.25) is 0 Å². The first kappa shape index (κ1) is 33.0. The van der Waals surface area contributed by atoms with E-state index in [1.54, 1.807) is 16.9 Å². The fourth-order valence-corrected chi connectivity index (χ4v) is 10.4. The standard InChI is InChI=1S/C54H39NS/c1-54(2)47-18-10-9-17-41(47)43-32-45-46(33-48(43)54)52(39-27-23-37(24-28-39)35-15-7-4-8-16-35)44-31-40(53-55-49-19-11-12-20-50(49)56-53)29-30-42(44)51(45)38-25-21-36(22-26-38)34-13-5-3-6-14-34/h3-9,11-17,19-33H,10,18H2,1-2H3. The summed E-state index contributed by atoms with van der Waals surface area (Å²) in [6.45, 7) is 4.87. The molecule has 0 saturated carbocycles. The third-order valence-corrected chi connectivity index (χ3v) is 13.3. The molecule has 266 valence electrons. The smallest absolute Gasteiger partial charge is 0.124 e. The van der Waals surface area contributed by atoms with E-state index in [-0.39, 0.29) is 5.41 Å². The van der Waals surface area contributed by atoms with Crippen LogP contribution in [0.5, 0.6) is 0 Å². The maximum absolute atomic E-state index is 5.13. The first-order valence-corrected chi connectivity index (χ1v) is 20.5. The number of benzene rings is 8. The Bertz CT molecular complexity index is 3020. The highest BCUT2D eigenvalue weighted by Crippen LogP contribution is 2.54. The van der Waals surface area contributed by atoms with Gasteiger partial charge in [0.05, 0.1) is 10.2 Å². The van der Waals surface area contributed by atoms with E-state index in [0.29, 0.717) is 0 Å². The number of aromatic nitrogens is 1. The van der Waals surface area contributed by atoms with E-state index < -0.39 is 0 Å². The Morgan fingerprint density at radius 1 is 0.500 bits per heavy atom. The maximum atomic E-state index is 5.13. The zero-order valence-corrected chi connectivity index (χ0v) is 32.3. The quantitative estimate of drug-likeness (QED) is 0.161. The van der Waals surface area contributed by atoms with Gasteiger partial charge in [0.15, 0.2) is 0 Å². The van der Waals surface area contributed by atoms with Crippen molar-refractivity contribution in [1.29, 1.82) is 0 Å². The second-order valence-electron chi connectivity index (χ2n) is 15.8. The largest absolute Gasteiger partial charge is 0.236 e. The summed E-state index contributed by atoms with van der Waals surface area (Å²) in [7, 11) is 0. The van der Waals surface area contributed by atoms with Crippen molar-refractivity contribution in [3.63, 3.8) is 0 Å². The van der Waals surface area contributed by atoms with E-state index in [2.05, 4.69) is 190 Å². The molecule has 0 bridgehead atoms. The van der Waals surface area contributed by atoms with Crippen molar-refractivity contribution in [2.24, 2.45) is 0 Å². The predicted molar refractivity (Wildman–Crippen MR) is 240 cm³/mol. The van der Waals surface area contributed by atoms with Crippen molar-refractivity contribution < 1.29 is 0 Å². The lowest BCUT2D eigenvalue weighted by Crippen LogP contribution is -2.17. The summed E-state index contributed by atoms with van der Waals surface area (Å²) < 4.78 is 1.21. The Kier molecular flexibility index (Phi) is 7.59. The lowest BCUT2D eigenvalue weighted by atomic mass is 9.77. The molecule has 2 aliphatic rings. The number of fused-ring (bicyclic) bond motifs is 5. The lowest BCUT2D eigenvalue weighted by Gasteiger charge is -2.26. The number of nitrogens with zero attached hydrogens (tertiary/aromatic N) is 1. The zero-order valence-electron chi connectivity index (χ0n) is 31.5. The van der Waals surface area contributed by atoms with Crippen LogP contribution in [0.3, 0.4) is 0 Å². The van der Waals surface area contributed by atoms with E-state index in [0.717, 1.165) is 28.9 Å². The van der Waals surface area contributed by atoms with E-state index >= 15 is 0 Å². The molecule has 0 N–H and O–H groups in total. The average molecular weight is 734 g/mol. The normalized spacial score (nSPS) is 14.5. The van der Waals surface area contributed by atoms with Crippen LogP contribution in [-0.2, 0) is 5.41 Å². The highest BCUT2D eigenvalue weighted by molar-refractivity contribution is 7.21. The molecule has 0 aliphatic heterocycles. The van der Waals surface area contributed by atoms with Crippen LogP contribution in [0.4, 0.5) is 0 Å². The summed E-state index contributed by atoms with van der Waals surface area (Å²) in [6, 6.07) is 60.5. The predicted octanol–water partition coefficient (Wildman–Crippen LogP) is 15.3. The van der Waals surface area contributed by atoms with Gasteiger partial charge in [0.1, 0.15) is 5.01 Å². The average Bonchev–Trinajstić information content (AvgIpc) is 3.79. The Hall–Kier alpha value is -6.35. The first-order valence-electron chi connectivity index (χ1n) is 19.7. The number of allylic oxidation sites excluding steroid dienone is 4. The number of rotatable bonds is 5. The first-order chi connectivity index (χ1) is 27.5. The molecule has 2 aliphatic carbocycles. The minimum absolute atomic E-state index is 0.0483. The molecule has 2 heteroatoms. The van der Waals surface area contributed by atoms with Gasteiger partial charge in [0.25, 0.3) is 0 Å². The third kappa shape index (κ3) is 5.24. The molecule has 11 rings (SSSR count). The highest BCUT2D eigenvalue weighted by Gasteiger charge is 2.38. The Balaban J connectivity index is 1.23. The molecule has 8 aromatic carbocycles. The molecule has 56 heavy (non-hydrogen) atoms. The number of hydrogen-bond donors (Lipinski definition) is 0.